The van der Waals surface area contributed by atoms with Gasteiger partial charge in [-0.3, -0.25) is 9.48 Å². The lowest BCUT2D eigenvalue weighted by atomic mass is 10.1. The van der Waals surface area contributed by atoms with Crippen molar-refractivity contribution in [2.24, 2.45) is 0 Å². The molecule has 1 heterocycles. The van der Waals surface area contributed by atoms with E-state index in [9.17, 15) is 4.79 Å². The Morgan fingerprint density at radius 3 is 2.70 bits per heavy atom. The summed E-state index contributed by atoms with van der Waals surface area (Å²) < 4.78 is 2.19. The van der Waals surface area contributed by atoms with Gasteiger partial charge < -0.3 is 0 Å². The number of carbonyl (C=O) groups is 1. The molecule has 2 aromatic rings. The molecule has 0 amide bonds. The molecule has 20 heavy (non-hydrogen) atoms. The van der Waals surface area contributed by atoms with Crippen LogP contribution in [0.25, 0.3) is 10.9 Å². The van der Waals surface area contributed by atoms with Gasteiger partial charge in [0.15, 0.2) is 5.78 Å². The summed E-state index contributed by atoms with van der Waals surface area (Å²) in [4.78, 5) is 11.9. The van der Waals surface area contributed by atoms with E-state index in [0.717, 1.165) is 23.2 Å². The van der Waals surface area contributed by atoms with Crippen LogP contribution in [0.4, 0.5) is 0 Å². The van der Waals surface area contributed by atoms with Crippen LogP contribution in [0, 0.1) is 0 Å². The number of benzene rings is 1. The number of aryl methyl sites for hydroxylation is 1. The van der Waals surface area contributed by atoms with E-state index in [1.54, 1.807) is 0 Å². The van der Waals surface area contributed by atoms with Gasteiger partial charge in [-0.25, -0.2) is 0 Å². The van der Waals surface area contributed by atoms with Gasteiger partial charge >= 0.3 is 0 Å². The molecule has 0 bridgehead atoms. The maximum absolute atomic E-state index is 11.9. The summed E-state index contributed by atoms with van der Waals surface area (Å²) in [5.41, 5.74) is 3.12. The summed E-state index contributed by atoms with van der Waals surface area (Å²) in [7, 11) is 0. The van der Waals surface area contributed by atoms with Crippen LogP contribution in [0.15, 0.2) is 18.2 Å². The van der Waals surface area contributed by atoms with Crippen LogP contribution in [0.3, 0.4) is 0 Å². The normalized spacial score (nSPS) is 16.1. The SMILES string of the molecule is CCC(=O)c1ccc2c(CC)nn(C3CCCC3)c2c1. The van der Waals surface area contributed by atoms with Gasteiger partial charge in [0.2, 0.25) is 0 Å². The van der Waals surface area contributed by atoms with E-state index in [4.69, 9.17) is 5.10 Å². The molecule has 0 saturated heterocycles. The van der Waals surface area contributed by atoms with Crippen LogP contribution in [0.5, 0.6) is 0 Å². The zero-order valence-corrected chi connectivity index (χ0v) is 12.4. The third kappa shape index (κ3) is 2.15. The summed E-state index contributed by atoms with van der Waals surface area (Å²) >= 11 is 0. The molecule has 0 spiro atoms. The Kier molecular flexibility index (Phi) is 3.60. The van der Waals surface area contributed by atoms with Gasteiger partial charge in [0.05, 0.1) is 17.3 Å². The van der Waals surface area contributed by atoms with E-state index < -0.39 is 0 Å². The fourth-order valence-corrected chi connectivity index (χ4v) is 3.27. The summed E-state index contributed by atoms with van der Waals surface area (Å²) in [5, 5.41) is 6.04. The molecule has 3 nitrogen and oxygen atoms in total. The Balaban J connectivity index is 2.14. The van der Waals surface area contributed by atoms with E-state index in [0.29, 0.717) is 12.5 Å². The molecule has 1 saturated carbocycles. The maximum atomic E-state index is 11.9. The molecule has 1 aromatic heterocycles. The Hall–Kier alpha value is -1.64. The molecule has 0 radical (unpaired) electrons. The molecule has 0 atom stereocenters. The third-order valence-corrected chi connectivity index (χ3v) is 4.43. The molecule has 1 aromatic carbocycles. The Bertz CT molecular complexity index is 636. The highest BCUT2D eigenvalue weighted by Gasteiger charge is 2.21. The highest BCUT2D eigenvalue weighted by molar-refractivity contribution is 5.99. The quantitative estimate of drug-likeness (QED) is 0.776. The highest BCUT2D eigenvalue weighted by atomic mass is 16.1. The van der Waals surface area contributed by atoms with E-state index >= 15 is 0 Å². The first-order chi connectivity index (χ1) is 9.74. The minimum atomic E-state index is 0.212. The average Bonchev–Trinajstić information content (AvgIpc) is 3.12. The first-order valence-electron chi connectivity index (χ1n) is 7.79. The van der Waals surface area contributed by atoms with Gasteiger partial charge in [-0.05, 0) is 25.3 Å². The predicted molar refractivity (Wildman–Crippen MR) is 81.2 cm³/mol. The summed E-state index contributed by atoms with van der Waals surface area (Å²) in [6.45, 7) is 4.06. The molecule has 3 rings (SSSR count). The van der Waals surface area contributed by atoms with E-state index in [1.807, 2.05) is 19.1 Å². The van der Waals surface area contributed by atoms with Crippen molar-refractivity contribution in [2.45, 2.75) is 58.4 Å². The number of Topliss-reactive ketones (excluding diaryl/α,β-unsaturated/α-hetero) is 1. The predicted octanol–water partition coefficient (Wildman–Crippen LogP) is 4.31. The summed E-state index contributed by atoms with van der Waals surface area (Å²) in [6, 6.07) is 6.60. The highest BCUT2D eigenvalue weighted by Crippen LogP contribution is 2.33. The molecule has 1 aliphatic carbocycles. The van der Waals surface area contributed by atoms with Gasteiger partial charge in [0.1, 0.15) is 0 Å². The lowest BCUT2D eigenvalue weighted by molar-refractivity contribution is 0.0988. The molecule has 1 fully saturated rings. The number of carbonyl (C=O) groups excluding carboxylic acids is 1. The smallest absolute Gasteiger partial charge is 0.162 e. The maximum Gasteiger partial charge on any atom is 0.162 e. The Labute approximate surface area is 120 Å². The van der Waals surface area contributed by atoms with Crippen LogP contribution < -0.4 is 0 Å². The fourth-order valence-electron chi connectivity index (χ4n) is 3.27. The van der Waals surface area contributed by atoms with Crippen LogP contribution >= 0.6 is 0 Å². The van der Waals surface area contributed by atoms with Gasteiger partial charge in [-0.15, -0.1) is 0 Å². The number of ketones is 1. The van der Waals surface area contributed by atoms with E-state index in [1.165, 1.54) is 31.1 Å². The van der Waals surface area contributed by atoms with Gasteiger partial charge in [-0.1, -0.05) is 38.8 Å². The number of hydrogen-bond donors (Lipinski definition) is 0. The largest absolute Gasteiger partial charge is 0.294 e. The van der Waals surface area contributed by atoms with Crippen molar-refractivity contribution in [3.05, 3.63) is 29.5 Å². The van der Waals surface area contributed by atoms with Gasteiger partial charge in [0, 0.05) is 17.4 Å². The molecule has 3 heteroatoms. The molecule has 106 valence electrons. The summed E-state index contributed by atoms with van der Waals surface area (Å²) in [6.07, 6.45) is 6.51. The van der Waals surface area contributed by atoms with Crippen molar-refractivity contribution in [1.82, 2.24) is 9.78 Å². The molecule has 1 aliphatic rings. The monoisotopic (exact) mass is 270 g/mol. The lowest BCUT2D eigenvalue weighted by Gasteiger charge is -2.11. The third-order valence-electron chi connectivity index (χ3n) is 4.43. The standard InChI is InChI=1S/C17H22N2O/c1-3-15-14-10-9-12(17(20)4-2)11-16(14)19(18-15)13-7-5-6-8-13/h9-11,13H,3-8H2,1-2H3. The second-order valence-corrected chi connectivity index (χ2v) is 5.69. The van der Waals surface area contributed by atoms with Crippen LogP contribution in [-0.4, -0.2) is 15.6 Å². The topological polar surface area (TPSA) is 34.9 Å². The first-order valence-corrected chi connectivity index (χ1v) is 7.79. The van der Waals surface area contributed by atoms with Crippen LogP contribution in [-0.2, 0) is 6.42 Å². The first kappa shape index (κ1) is 13.3. The van der Waals surface area contributed by atoms with E-state index in [2.05, 4.69) is 17.7 Å². The lowest BCUT2D eigenvalue weighted by Crippen LogP contribution is -2.07. The van der Waals surface area contributed by atoms with Crippen molar-refractivity contribution < 1.29 is 4.79 Å². The van der Waals surface area contributed by atoms with E-state index in [-0.39, 0.29) is 5.78 Å². The van der Waals surface area contributed by atoms with Crippen molar-refractivity contribution in [2.75, 3.05) is 0 Å². The Morgan fingerprint density at radius 1 is 1.30 bits per heavy atom. The average molecular weight is 270 g/mol. The van der Waals surface area contributed by atoms with Crippen LogP contribution in [0.2, 0.25) is 0 Å². The second-order valence-electron chi connectivity index (χ2n) is 5.69. The number of rotatable bonds is 4. The van der Waals surface area contributed by atoms with Crippen LogP contribution in [0.1, 0.15) is 68.0 Å². The number of nitrogens with zero attached hydrogens (tertiary/aromatic N) is 2. The van der Waals surface area contributed by atoms with Gasteiger partial charge in [0.25, 0.3) is 0 Å². The second kappa shape index (κ2) is 5.39. The van der Waals surface area contributed by atoms with Crippen molar-refractivity contribution in [1.29, 1.82) is 0 Å². The summed E-state index contributed by atoms with van der Waals surface area (Å²) in [5.74, 6) is 0.212. The van der Waals surface area contributed by atoms with Crippen molar-refractivity contribution >= 4 is 16.7 Å². The molecular formula is C17H22N2O. The molecule has 0 aliphatic heterocycles. The minimum Gasteiger partial charge on any atom is -0.294 e. The fraction of sp³-hybridized carbons (Fsp3) is 0.529. The van der Waals surface area contributed by atoms with Crippen molar-refractivity contribution in [3.8, 4) is 0 Å². The Morgan fingerprint density at radius 2 is 2.05 bits per heavy atom. The van der Waals surface area contributed by atoms with Gasteiger partial charge in [-0.2, -0.15) is 5.10 Å². The zero-order valence-electron chi connectivity index (χ0n) is 12.4. The number of aromatic nitrogens is 2. The molecule has 0 unspecified atom stereocenters. The molecular weight excluding hydrogens is 248 g/mol. The minimum absolute atomic E-state index is 0.212. The zero-order chi connectivity index (χ0) is 14.1. The molecule has 0 N–H and O–H groups in total. The number of fused-ring (bicyclic) bond motifs is 1. The number of hydrogen-bond acceptors (Lipinski definition) is 2. The van der Waals surface area contributed by atoms with Crippen molar-refractivity contribution in [3.63, 3.8) is 0 Å².